The van der Waals surface area contributed by atoms with Crippen molar-refractivity contribution in [1.82, 2.24) is 15.5 Å². The van der Waals surface area contributed by atoms with Gasteiger partial charge in [-0.15, -0.1) is 10.2 Å². The molecule has 0 amide bonds. The van der Waals surface area contributed by atoms with Gasteiger partial charge in [0.15, 0.2) is 0 Å². The molecule has 2 aromatic rings. The van der Waals surface area contributed by atoms with Gasteiger partial charge in [-0.25, -0.2) is 0 Å². The van der Waals surface area contributed by atoms with Crippen molar-refractivity contribution in [2.75, 3.05) is 7.05 Å². The summed E-state index contributed by atoms with van der Waals surface area (Å²) in [5, 5.41) is 11.5. The number of rotatable bonds is 5. The van der Waals surface area contributed by atoms with Gasteiger partial charge < -0.3 is 9.73 Å². The van der Waals surface area contributed by atoms with Crippen LogP contribution in [-0.4, -0.2) is 17.2 Å². The minimum absolute atomic E-state index is 0.0449. The fourth-order valence-corrected chi connectivity index (χ4v) is 1.82. The molecule has 1 aromatic heterocycles. The van der Waals surface area contributed by atoms with Crippen molar-refractivity contribution < 1.29 is 4.42 Å². The minimum Gasteiger partial charge on any atom is -0.423 e. The Morgan fingerprint density at radius 2 is 1.83 bits per heavy atom. The highest BCUT2D eigenvalue weighted by Crippen LogP contribution is 2.23. The van der Waals surface area contributed by atoms with Crippen molar-refractivity contribution >= 4 is 0 Å². The highest BCUT2D eigenvalue weighted by molar-refractivity contribution is 5.23. The van der Waals surface area contributed by atoms with Crippen molar-refractivity contribution in [1.29, 1.82) is 0 Å². The second-order valence-corrected chi connectivity index (χ2v) is 4.42. The monoisotopic (exact) mass is 245 g/mol. The molecule has 0 radical (unpaired) electrons. The van der Waals surface area contributed by atoms with Crippen LogP contribution >= 0.6 is 0 Å². The quantitative estimate of drug-likeness (QED) is 0.880. The summed E-state index contributed by atoms with van der Waals surface area (Å²) in [4.78, 5) is 0. The van der Waals surface area contributed by atoms with Gasteiger partial charge in [0.2, 0.25) is 11.8 Å². The molecule has 2 atom stereocenters. The number of hydrogen-bond acceptors (Lipinski definition) is 4. The first-order chi connectivity index (χ1) is 8.76. The van der Waals surface area contributed by atoms with Gasteiger partial charge in [-0.2, -0.15) is 0 Å². The lowest BCUT2D eigenvalue weighted by Crippen LogP contribution is -2.17. The maximum Gasteiger partial charge on any atom is 0.237 e. The van der Waals surface area contributed by atoms with E-state index >= 15 is 0 Å². The zero-order valence-corrected chi connectivity index (χ0v) is 11.1. The van der Waals surface area contributed by atoms with Crippen molar-refractivity contribution in [2.24, 2.45) is 0 Å². The number of nitrogens with zero attached hydrogens (tertiary/aromatic N) is 2. The molecule has 0 fully saturated rings. The predicted molar refractivity (Wildman–Crippen MR) is 70.3 cm³/mol. The Labute approximate surface area is 107 Å². The third-order valence-electron chi connectivity index (χ3n) is 3.16. The van der Waals surface area contributed by atoms with Crippen LogP contribution in [0.1, 0.15) is 49.6 Å². The zero-order valence-electron chi connectivity index (χ0n) is 11.1. The van der Waals surface area contributed by atoms with E-state index < -0.39 is 0 Å². The van der Waals surface area contributed by atoms with Crippen LogP contribution in [0.25, 0.3) is 0 Å². The second kappa shape index (κ2) is 5.78. The molecule has 4 heteroatoms. The molecule has 0 aliphatic carbocycles. The van der Waals surface area contributed by atoms with Gasteiger partial charge in [0.05, 0.1) is 0 Å². The van der Waals surface area contributed by atoms with Crippen molar-refractivity contribution in [3.05, 3.63) is 47.7 Å². The lowest BCUT2D eigenvalue weighted by Gasteiger charge is -2.12. The summed E-state index contributed by atoms with van der Waals surface area (Å²) in [6.07, 6.45) is 0.997. The maximum absolute atomic E-state index is 5.76. The van der Waals surface area contributed by atoms with E-state index in [9.17, 15) is 0 Å². The van der Waals surface area contributed by atoms with Crippen molar-refractivity contribution in [3.8, 4) is 0 Å². The maximum atomic E-state index is 5.76. The van der Waals surface area contributed by atoms with Gasteiger partial charge in [-0.3, -0.25) is 0 Å². The van der Waals surface area contributed by atoms with Gasteiger partial charge in [0.1, 0.15) is 6.04 Å². The summed E-state index contributed by atoms with van der Waals surface area (Å²) in [7, 11) is 1.89. The molecule has 0 saturated carbocycles. The fourth-order valence-electron chi connectivity index (χ4n) is 1.82. The SMILES string of the molecule is CCC(C)c1nnc(C(NC)c2ccccc2)o1. The summed E-state index contributed by atoms with van der Waals surface area (Å²) >= 11 is 0. The molecule has 2 rings (SSSR count). The van der Waals surface area contributed by atoms with Crippen LogP contribution in [0.5, 0.6) is 0 Å². The van der Waals surface area contributed by atoms with E-state index in [0.29, 0.717) is 17.7 Å². The van der Waals surface area contributed by atoms with Gasteiger partial charge in [0.25, 0.3) is 0 Å². The summed E-state index contributed by atoms with van der Waals surface area (Å²) in [5.74, 6) is 1.64. The molecule has 0 aliphatic rings. The minimum atomic E-state index is -0.0449. The third-order valence-corrected chi connectivity index (χ3v) is 3.16. The molecule has 1 N–H and O–H groups in total. The van der Waals surface area contributed by atoms with Crippen LogP contribution in [-0.2, 0) is 0 Å². The first-order valence-corrected chi connectivity index (χ1v) is 6.31. The topological polar surface area (TPSA) is 51.0 Å². The molecular formula is C14H19N3O. The molecule has 96 valence electrons. The molecule has 4 nitrogen and oxygen atoms in total. The lowest BCUT2D eigenvalue weighted by atomic mass is 10.1. The summed E-state index contributed by atoms with van der Waals surface area (Å²) in [6.45, 7) is 4.20. The number of aromatic nitrogens is 2. The van der Waals surface area contributed by atoms with Gasteiger partial charge in [-0.05, 0) is 19.0 Å². The third kappa shape index (κ3) is 2.59. The van der Waals surface area contributed by atoms with Crippen LogP contribution in [0.15, 0.2) is 34.7 Å². The molecule has 0 saturated heterocycles. The Kier molecular flexibility index (Phi) is 4.10. The van der Waals surface area contributed by atoms with E-state index in [1.54, 1.807) is 0 Å². The van der Waals surface area contributed by atoms with E-state index in [-0.39, 0.29) is 6.04 Å². The number of hydrogen-bond donors (Lipinski definition) is 1. The Morgan fingerprint density at radius 3 is 2.44 bits per heavy atom. The summed E-state index contributed by atoms with van der Waals surface area (Å²) in [6, 6.07) is 10.1. The molecule has 1 aromatic carbocycles. The van der Waals surface area contributed by atoms with E-state index in [2.05, 4.69) is 29.4 Å². The molecule has 0 spiro atoms. The Balaban J connectivity index is 2.26. The Morgan fingerprint density at radius 1 is 1.17 bits per heavy atom. The van der Waals surface area contributed by atoms with E-state index in [1.165, 1.54) is 0 Å². The summed E-state index contributed by atoms with van der Waals surface area (Å²) in [5.41, 5.74) is 1.12. The van der Waals surface area contributed by atoms with Crippen LogP contribution < -0.4 is 5.32 Å². The highest BCUT2D eigenvalue weighted by atomic mass is 16.4. The van der Waals surface area contributed by atoms with Crippen LogP contribution in [0.3, 0.4) is 0 Å². The normalized spacial score (nSPS) is 14.4. The van der Waals surface area contributed by atoms with Gasteiger partial charge in [-0.1, -0.05) is 44.2 Å². The molecule has 1 heterocycles. The second-order valence-electron chi connectivity index (χ2n) is 4.42. The standard InChI is InChI=1S/C14H19N3O/c1-4-10(2)13-16-17-14(18-13)12(15-3)11-8-6-5-7-9-11/h5-10,12,15H,4H2,1-3H3. The zero-order chi connectivity index (χ0) is 13.0. The van der Waals surface area contributed by atoms with Gasteiger partial charge >= 0.3 is 0 Å². The smallest absolute Gasteiger partial charge is 0.237 e. The van der Waals surface area contributed by atoms with Crippen LogP contribution in [0, 0.1) is 0 Å². The Hall–Kier alpha value is -1.68. The van der Waals surface area contributed by atoms with E-state index in [0.717, 1.165) is 12.0 Å². The number of nitrogens with one attached hydrogen (secondary N) is 1. The average Bonchev–Trinajstić information content (AvgIpc) is 2.89. The fraction of sp³-hybridized carbons (Fsp3) is 0.429. The predicted octanol–water partition coefficient (Wildman–Crippen LogP) is 2.89. The average molecular weight is 245 g/mol. The van der Waals surface area contributed by atoms with E-state index in [4.69, 9.17) is 4.42 Å². The van der Waals surface area contributed by atoms with Crippen molar-refractivity contribution in [2.45, 2.75) is 32.2 Å². The molecule has 2 unspecified atom stereocenters. The van der Waals surface area contributed by atoms with Gasteiger partial charge in [0, 0.05) is 5.92 Å². The van der Waals surface area contributed by atoms with E-state index in [1.807, 2.05) is 37.4 Å². The lowest BCUT2D eigenvalue weighted by molar-refractivity contribution is 0.394. The summed E-state index contributed by atoms with van der Waals surface area (Å²) < 4.78 is 5.76. The van der Waals surface area contributed by atoms with Crippen molar-refractivity contribution in [3.63, 3.8) is 0 Å². The first kappa shape index (κ1) is 12.8. The largest absolute Gasteiger partial charge is 0.423 e. The first-order valence-electron chi connectivity index (χ1n) is 6.31. The highest BCUT2D eigenvalue weighted by Gasteiger charge is 2.20. The Bertz CT molecular complexity index is 481. The van der Waals surface area contributed by atoms with Crippen LogP contribution in [0.4, 0.5) is 0 Å². The molecular weight excluding hydrogens is 226 g/mol. The molecule has 0 aliphatic heterocycles. The number of benzene rings is 1. The molecule has 0 bridgehead atoms. The van der Waals surface area contributed by atoms with Crippen LogP contribution in [0.2, 0.25) is 0 Å². The molecule has 18 heavy (non-hydrogen) atoms.